The average Bonchev–Trinajstić information content (AvgIpc) is 2.87. The highest BCUT2D eigenvalue weighted by Gasteiger charge is 2.24. The van der Waals surface area contributed by atoms with Crippen LogP contribution >= 0.6 is 34.8 Å². The topological polar surface area (TPSA) is 116 Å². The molecule has 0 heterocycles. The van der Waals surface area contributed by atoms with Gasteiger partial charge in [0.2, 0.25) is 0 Å². The standard InChI is InChI=1S/C28H19Cl3N2O5/c1-28(2,27(36)37)8-7-16-3-5-23(22(31)11-16)33-25(34)15-38-24-6-4-19(29)13-21(24)26(35)18-9-17(14-32)10-20(30)12-18/h3-6,9-13H,15H2,1-2H3,(H,33,34)(H,36,37). The zero-order chi connectivity index (χ0) is 28.0. The van der Waals surface area contributed by atoms with E-state index in [-0.39, 0.29) is 37.5 Å². The Bertz CT molecular complexity index is 1550. The van der Waals surface area contributed by atoms with Gasteiger partial charge >= 0.3 is 5.97 Å². The van der Waals surface area contributed by atoms with Crippen molar-refractivity contribution in [2.45, 2.75) is 13.8 Å². The molecule has 0 spiro atoms. The Hall–Kier alpha value is -4.01. The molecule has 0 aliphatic heterocycles. The van der Waals surface area contributed by atoms with Crippen molar-refractivity contribution in [1.82, 2.24) is 0 Å². The summed E-state index contributed by atoms with van der Waals surface area (Å²) in [7, 11) is 0. The first-order valence-electron chi connectivity index (χ1n) is 10.9. The van der Waals surface area contributed by atoms with Crippen molar-refractivity contribution < 1.29 is 24.2 Å². The van der Waals surface area contributed by atoms with Gasteiger partial charge in [0, 0.05) is 21.2 Å². The molecule has 0 unspecified atom stereocenters. The summed E-state index contributed by atoms with van der Waals surface area (Å²) in [6, 6.07) is 15.2. The number of rotatable bonds is 7. The zero-order valence-corrected chi connectivity index (χ0v) is 22.3. The Morgan fingerprint density at radius 1 is 0.974 bits per heavy atom. The fourth-order valence-electron chi connectivity index (χ4n) is 3.05. The molecule has 10 heteroatoms. The number of benzene rings is 3. The number of carbonyl (C=O) groups is 3. The van der Waals surface area contributed by atoms with E-state index in [4.69, 9.17) is 44.8 Å². The van der Waals surface area contributed by atoms with Crippen LogP contribution in [0.25, 0.3) is 0 Å². The molecule has 1 amide bonds. The van der Waals surface area contributed by atoms with Gasteiger partial charge in [0.25, 0.3) is 5.91 Å². The molecule has 0 radical (unpaired) electrons. The van der Waals surface area contributed by atoms with Gasteiger partial charge in [0.15, 0.2) is 12.4 Å². The third-order valence-corrected chi connectivity index (χ3v) is 5.90. The quantitative estimate of drug-likeness (QED) is 0.257. The number of carboxylic acid groups (broad SMARTS) is 1. The van der Waals surface area contributed by atoms with E-state index in [1.165, 1.54) is 62.4 Å². The van der Waals surface area contributed by atoms with Crippen molar-refractivity contribution in [3.63, 3.8) is 0 Å². The van der Waals surface area contributed by atoms with E-state index in [0.717, 1.165) is 0 Å². The lowest BCUT2D eigenvalue weighted by atomic mass is 9.94. The zero-order valence-electron chi connectivity index (χ0n) is 20.1. The largest absolute Gasteiger partial charge is 0.483 e. The highest BCUT2D eigenvalue weighted by molar-refractivity contribution is 6.34. The molecular formula is C28H19Cl3N2O5. The van der Waals surface area contributed by atoms with Crippen molar-refractivity contribution in [3.05, 3.63) is 91.9 Å². The first kappa shape index (κ1) is 28.6. The maximum atomic E-state index is 13.1. The minimum atomic E-state index is -1.23. The Morgan fingerprint density at radius 2 is 1.71 bits per heavy atom. The van der Waals surface area contributed by atoms with Crippen LogP contribution in [0.5, 0.6) is 5.75 Å². The lowest BCUT2D eigenvalue weighted by Crippen LogP contribution is -2.21. The number of halogens is 3. The number of carboxylic acids is 1. The third-order valence-electron chi connectivity index (χ3n) is 5.13. The van der Waals surface area contributed by atoms with E-state index in [0.29, 0.717) is 11.3 Å². The van der Waals surface area contributed by atoms with Gasteiger partial charge in [-0.1, -0.05) is 46.6 Å². The summed E-state index contributed by atoms with van der Waals surface area (Å²) in [6.45, 7) is 2.51. The molecule has 0 saturated carbocycles. The molecule has 192 valence electrons. The van der Waals surface area contributed by atoms with Crippen LogP contribution in [-0.2, 0) is 9.59 Å². The molecule has 3 aromatic carbocycles. The summed E-state index contributed by atoms with van der Waals surface area (Å²) < 4.78 is 5.61. The van der Waals surface area contributed by atoms with Gasteiger partial charge in [-0.15, -0.1) is 0 Å². The minimum Gasteiger partial charge on any atom is -0.483 e. The summed E-state index contributed by atoms with van der Waals surface area (Å²) in [4.78, 5) is 36.9. The molecule has 0 fully saturated rings. The van der Waals surface area contributed by atoms with Gasteiger partial charge in [0.05, 0.1) is 27.9 Å². The molecule has 0 atom stereocenters. The number of nitrogens with one attached hydrogen (secondary N) is 1. The van der Waals surface area contributed by atoms with E-state index in [1.54, 1.807) is 6.07 Å². The highest BCUT2D eigenvalue weighted by Crippen LogP contribution is 2.28. The fourth-order valence-corrected chi connectivity index (χ4v) is 3.69. The number of nitrogens with zero attached hydrogens (tertiary/aromatic N) is 1. The second-order valence-electron chi connectivity index (χ2n) is 8.52. The number of ether oxygens (including phenoxy) is 1. The second-order valence-corrected chi connectivity index (χ2v) is 9.80. The fraction of sp³-hybridized carbons (Fsp3) is 0.143. The molecule has 3 rings (SSSR count). The van der Waals surface area contributed by atoms with E-state index >= 15 is 0 Å². The first-order valence-corrected chi connectivity index (χ1v) is 12.1. The van der Waals surface area contributed by atoms with Gasteiger partial charge in [-0.05, 0) is 68.4 Å². The number of hydrogen-bond acceptors (Lipinski definition) is 5. The van der Waals surface area contributed by atoms with Crippen LogP contribution in [0.4, 0.5) is 5.69 Å². The lowest BCUT2D eigenvalue weighted by molar-refractivity contribution is -0.143. The number of anilines is 1. The van der Waals surface area contributed by atoms with E-state index < -0.39 is 29.7 Å². The van der Waals surface area contributed by atoms with E-state index in [1.807, 2.05) is 6.07 Å². The number of hydrogen-bond donors (Lipinski definition) is 2. The van der Waals surface area contributed by atoms with Crippen LogP contribution in [0.2, 0.25) is 15.1 Å². The Kier molecular flexibility index (Phi) is 9.04. The maximum absolute atomic E-state index is 13.1. The van der Waals surface area contributed by atoms with E-state index in [2.05, 4.69) is 17.2 Å². The van der Waals surface area contributed by atoms with Crippen molar-refractivity contribution in [1.29, 1.82) is 5.26 Å². The number of amides is 1. The Balaban J connectivity index is 1.74. The average molecular weight is 570 g/mol. The van der Waals surface area contributed by atoms with Gasteiger partial charge < -0.3 is 15.2 Å². The summed E-state index contributed by atoms with van der Waals surface area (Å²) in [5, 5.41) is 21.6. The van der Waals surface area contributed by atoms with Crippen molar-refractivity contribution in [3.8, 4) is 23.7 Å². The molecule has 0 aromatic heterocycles. The van der Waals surface area contributed by atoms with Crippen LogP contribution in [0.1, 0.15) is 40.9 Å². The third kappa shape index (κ3) is 7.27. The Labute approximate surface area is 233 Å². The van der Waals surface area contributed by atoms with Gasteiger partial charge in [-0.2, -0.15) is 5.26 Å². The summed E-state index contributed by atoms with van der Waals surface area (Å²) in [5.41, 5.74) is -0.0102. The van der Waals surface area contributed by atoms with Gasteiger partial charge in [0.1, 0.15) is 11.2 Å². The molecule has 3 aromatic rings. The van der Waals surface area contributed by atoms with Crippen LogP contribution in [-0.4, -0.2) is 29.4 Å². The molecule has 2 N–H and O–H groups in total. The normalized spacial score (nSPS) is 10.5. The SMILES string of the molecule is CC(C)(C#Cc1ccc(NC(=O)COc2ccc(Cl)cc2C(=O)c2cc(Cl)cc(C#N)c2)c(Cl)c1)C(=O)O. The van der Waals surface area contributed by atoms with Gasteiger partial charge in [-0.3, -0.25) is 14.4 Å². The summed E-state index contributed by atoms with van der Waals surface area (Å²) >= 11 is 18.4. The van der Waals surface area contributed by atoms with Crippen molar-refractivity contribution >= 4 is 58.1 Å². The van der Waals surface area contributed by atoms with Crippen LogP contribution in [0.15, 0.2) is 54.6 Å². The number of ketones is 1. The molecule has 7 nitrogen and oxygen atoms in total. The first-order chi connectivity index (χ1) is 17.9. The smallest absolute Gasteiger partial charge is 0.321 e. The van der Waals surface area contributed by atoms with Crippen LogP contribution in [0.3, 0.4) is 0 Å². The maximum Gasteiger partial charge on any atom is 0.321 e. The second kappa shape index (κ2) is 12.0. The van der Waals surface area contributed by atoms with Crippen molar-refractivity contribution in [2.75, 3.05) is 11.9 Å². The lowest BCUT2D eigenvalue weighted by Gasteiger charge is -2.13. The molecule has 0 saturated heterocycles. The minimum absolute atomic E-state index is 0.0849. The predicted molar refractivity (Wildman–Crippen MR) is 145 cm³/mol. The van der Waals surface area contributed by atoms with Crippen molar-refractivity contribution in [2.24, 2.45) is 5.41 Å². The highest BCUT2D eigenvalue weighted by atomic mass is 35.5. The molecule has 0 bridgehead atoms. The summed E-state index contributed by atoms with van der Waals surface area (Å²) in [6.07, 6.45) is 0. The van der Waals surface area contributed by atoms with Gasteiger partial charge in [-0.25, -0.2) is 0 Å². The van der Waals surface area contributed by atoms with Crippen LogP contribution < -0.4 is 10.1 Å². The molecular weight excluding hydrogens is 551 g/mol. The molecule has 38 heavy (non-hydrogen) atoms. The van der Waals surface area contributed by atoms with Crippen LogP contribution in [0, 0.1) is 28.6 Å². The number of nitriles is 1. The monoisotopic (exact) mass is 568 g/mol. The molecule has 0 aliphatic rings. The summed E-state index contributed by atoms with van der Waals surface area (Å²) in [5.74, 6) is 3.43. The Morgan fingerprint density at radius 3 is 2.37 bits per heavy atom. The number of carbonyl (C=O) groups excluding carboxylic acids is 2. The molecule has 0 aliphatic carbocycles. The predicted octanol–water partition coefficient (Wildman–Crippen LogP) is 6.23. The van der Waals surface area contributed by atoms with E-state index in [9.17, 15) is 19.5 Å². The number of aliphatic carboxylic acids is 1.